The van der Waals surface area contributed by atoms with E-state index in [9.17, 15) is 0 Å². The van der Waals surface area contributed by atoms with Gasteiger partial charge in [-0.15, -0.1) is 0 Å². The van der Waals surface area contributed by atoms with Gasteiger partial charge < -0.3 is 10.5 Å². The van der Waals surface area contributed by atoms with Gasteiger partial charge in [0.25, 0.3) is 0 Å². The second-order valence-corrected chi connectivity index (χ2v) is 4.42. The van der Waals surface area contributed by atoms with Crippen molar-refractivity contribution in [3.8, 4) is 17.1 Å². The van der Waals surface area contributed by atoms with E-state index in [1.165, 1.54) is 0 Å². The van der Waals surface area contributed by atoms with Crippen molar-refractivity contribution in [2.24, 2.45) is 12.8 Å². The average molecular weight is 267 g/mol. The van der Waals surface area contributed by atoms with Gasteiger partial charge in [0.15, 0.2) is 5.82 Å². The van der Waals surface area contributed by atoms with Crippen LogP contribution in [-0.2, 0) is 13.6 Å². The number of rotatable bonds is 3. The van der Waals surface area contributed by atoms with E-state index in [2.05, 4.69) is 10.1 Å². The summed E-state index contributed by atoms with van der Waals surface area (Å²) in [5.74, 6) is 2.01. The first-order valence-electron chi connectivity index (χ1n) is 5.51. The van der Waals surface area contributed by atoms with E-state index in [1.54, 1.807) is 17.9 Å². The maximum absolute atomic E-state index is 6.07. The second kappa shape index (κ2) is 4.96. The monoisotopic (exact) mass is 266 g/mol. The molecular weight excluding hydrogens is 252 g/mol. The molecule has 0 saturated carbocycles. The lowest BCUT2D eigenvalue weighted by Gasteiger charge is -2.09. The van der Waals surface area contributed by atoms with Gasteiger partial charge in [-0.3, -0.25) is 4.68 Å². The molecule has 1 aromatic heterocycles. The van der Waals surface area contributed by atoms with Crippen LogP contribution in [0.3, 0.4) is 0 Å². The van der Waals surface area contributed by atoms with Crippen molar-refractivity contribution < 1.29 is 4.74 Å². The first-order chi connectivity index (χ1) is 8.56. The van der Waals surface area contributed by atoms with Gasteiger partial charge in [-0.2, -0.15) is 5.10 Å². The van der Waals surface area contributed by atoms with Crippen LogP contribution in [0.15, 0.2) is 12.1 Å². The van der Waals surface area contributed by atoms with Crippen molar-refractivity contribution in [1.82, 2.24) is 14.8 Å². The minimum absolute atomic E-state index is 0.339. The molecule has 96 valence electrons. The maximum atomic E-state index is 6.07. The Hall–Kier alpha value is -1.59. The van der Waals surface area contributed by atoms with Gasteiger partial charge >= 0.3 is 0 Å². The predicted octanol–water partition coefficient (Wildman–Crippen LogP) is 1.91. The molecule has 0 aliphatic carbocycles. The summed E-state index contributed by atoms with van der Waals surface area (Å²) >= 11 is 6.07. The number of aromatic nitrogens is 3. The SMILES string of the molecule is COc1c(C)cc(Cl)cc1-c1nc(CN)n(C)n1. The highest BCUT2D eigenvalue weighted by Gasteiger charge is 2.15. The minimum atomic E-state index is 0.339. The lowest BCUT2D eigenvalue weighted by atomic mass is 10.1. The molecule has 0 radical (unpaired) electrons. The zero-order valence-corrected chi connectivity index (χ0v) is 11.3. The van der Waals surface area contributed by atoms with Crippen LogP contribution in [0.25, 0.3) is 11.4 Å². The molecule has 0 saturated heterocycles. The van der Waals surface area contributed by atoms with Crippen LogP contribution in [0.4, 0.5) is 0 Å². The molecule has 2 aromatic rings. The zero-order valence-electron chi connectivity index (χ0n) is 10.6. The Bertz CT molecular complexity index is 580. The Balaban J connectivity index is 2.61. The molecule has 0 unspecified atom stereocenters. The van der Waals surface area contributed by atoms with Crippen LogP contribution in [0.2, 0.25) is 5.02 Å². The third-order valence-electron chi connectivity index (χ3n) is 2.72. The highest BCUT2D eigenvalue weighted by atomic mass is 35.5. The summed E-state index contributed by atoms with van der Waals surface area (Å²) in [6.45, 7) is 2.27. The molecule has 2 N–H and O–H groups in total. The normalized spacial score (nSPS) is 10.7. The molecule has 6 heteroatoms. The number of halogens is 1. The van der Waals surface area contributed by atoms with Crippen LogP contribution in [0, 0.1) is 6.92 Å². The van der Waals surface area contributed by atoms with Crippen LogP contribution >= 0.6 is 11.6 Å². The molecule has 0 spiro atoms. The first-order valence-corrected chi connectivity index (χ1v) is 5.89. The van der Waals surface area contributed by atoms with Gasteiger partial charge in [-0.25, -0.2) is 4.98 Å². The highest BCUT2D eigenvalue weighted by Crippen LogP contribution is 2.33. The number of methoxy groups -OCH3 is 1. The predicted molar refractivity (Wildman–Crippen MR) is 70.6 cm³/mol. The number of hydrogen-bond donors (Lipinski definition) is 1. The quantitative estimate of drug-likeness (QED) is 0.922. The topological polar surface area (TPSA) is 66.0 Å². The molecular formula is C12H15ClN4O. The Morgan fingerprint density at radius 3 is 2.72 bits per heavy atom. The Morgan fingerprint density at radius 2 is 2.17 bits per heavy atom. The van der Waals surface area contributed by atoms with Gasteiger partial charge in [0.2, 0.25) is 0 Å². The zero-order chi connectivity index (χ0) is 13.3. The number of ether oxygens (including phenoxy) is 1. The third kappa shape index (κ3) is 2.19. The van der Waals surface area contributed by atoms with Crippen molar-refractivity contribution in [2.45, 2.75) is 13.5 Å². The van der Waals surface area contributed by atoms with E-state index in [1.807, 2.05) is 20.0 Å². The molecule has 0 amide bonds. The molecule has 0 fully saturated rings. The third-order valence-corrected chi connectivity index (χ3v) is 2.94. The Labute approximate surface area is 111 Å². The van der Waals surface area contributed by atoms with Crippen molar-refractivity contribution in [1.29, 1.82) is 0 Å². The molecule has 0 bridgehead atoms. The fraction of sp³-hybridized carbons (Fsp3) is 0.333. The van der Waals surface area contributed by atoms with E-state index in [0.29, 0.717) is 23.2 Å². The fourth-order valence-electron chi connectivity index (χ4n) is 1.88. The fourth-order valence-corrected chi connectivity index (χ4v) is 2.15. The summed E-state index contributed by atoms with van der Waals surface area (Å²) in [7, 11) is 3.43. The molecule has 1 aromatic carbocycles. The van der Waals surface area contributed by atoms with Crippen LogP contribution in [0.1, 0.15) is 11.4 Å². The summed E-state index contributed by atoms with van der Waals surface area (Å²) in [5, 5.41) is 4.96. The van der Waals surface area contributed by atoms with Gasteiger partial charge in [0.1, 0.15) is 11.6 Å². The van der Waals surface area contributed by atoms with E-state index in [-0.39, 0.29) is 0 Å². The molecule has 5 nitrogen and oxygen atoms in total. The van der Waals surface area contributed by atoms with E-state index >= 15 is 0 Å². The van der Waals surface area contributed by atoms with Crippen molar-refractivity contribution in [2.75, 3.05) is 7.11 Å². The lowest BCUT2D eigenvalue weighted by Crippen LogP contribution is -2.05. The summed E-state index contributed by atoms with van der Waals surface area (Å²) < 4.78 is 7.05. The summed E-state index contributed by atoms with van der Waals surface area (Å²) in [6.07, 6.45) is 0. The largest absolute Gasteiger partial charge is 0.496 e. The minimum Gasteiger partial charge on any atom is -0.496 e. The summed E-state index contributed by atoms with van der Waals surface area (Å²) in [6, 6.07) is 3.64. The van der Waals surface area contributed by atoms with E-state index in [4.69, 9.17) is 22.1 Å². The lowest BCUT2D eigenvalue weighted by molar-refractivity contribution is 0.413. The number of hydrogen-bond acceptors (Lipinski definition) is 4. The average Bonchev–Trinajstić information content (AvgIpc) is 2.69. The molecule has 2 rings (SSSR count). The highest BCUT2D eigenvalue weighted by molar-refractivity contribution is 6.31. The van der Waals surface area contributed by atoms with Gasteiger partial charge in [-0.1, -0.05) is 11.6 Å². The van der Waals surface area contributed by atoms with Gasteiger partial charge in [0, 0.05) is 12.1 Å². The standard InChI is InChI=1S/C12H15ClN4O/c1-7-4-8(13)5-9(11(7)18-3)12-15-10(6-14)17(2)16-12/h4-5H,6,14H2,1-3H3. The van der Waals surface area contributed by atoms with Crippen LogP contribution in [0.5, 0.6) is 5.75 Å². The van der Waals surface area contributed by atoms with Crippen molar-refractivity contribution in [3.63, 3.8) is 0 Å². The van der Waals surface area contributed by atoms with Crippen molar-refractivity contribution >= 4 is 11.6 Å². The molecule has 1 heterocycles. The number of aryl methyl sites for hydroxylation is 2. The number of benzene rings is 1. The Kier molecular flexibility index (Phi) is 3.54. The molecule has 0 aliphatic heterocycles. The van der Waals surface area contributed by atoms with E-state index < -0.39 is 0 Å². The van der Waals surface area contributed by atoms with E-state index in [0.717, 1.165) is 16.9 Å². The Morgan fingerprint density at radius 1 is 1.44 bits per heavy atom. The first kappa shape index (κ1) is 12.9. The van der Waals surface area contributed by atoms with Crippen molar-refractivity contribution in [3.05, 3.63) is 28.5 Å². The molecule has 0 atom stereocenters. The summed E-state index contributed by atoms with van der Waals surface area (Å²) in [5.41, 5.74) is 7.31. The van der Waals surface area contributed by atoms with Crippen LogP contribution in [-0.4, -0.2) is 21.9 Å². The van der Waals surface area contributed by atoms with Gasteiger partial charge in [-0.05, 0) is 24.6 Å². The van der Waals surface area contributed by atoms with Gasteiger partial charge in [0.05, 0.1) is 19.2 Å². The smallest absolute Gasteiger partial charge is 0.185 e. The van der Waals surface area contributed by atoms with Crippen LogP contribution < -0.4 is 10.5 Å². The number of nitrogens with two attached hydrogens (primary N) is 1. The maximum Gasteiger partial charge on any atom is 0.185 e. The molecule has 18 heavy (non-hydrogen) atoms. The summed E-state index contributed by atoms with van der Waals surface area (Å²) in [4.78, 5) is 4.38. The number of nitrogens with zero attached hydrogens (tertiary/aromatic N) is 3. The molecule has 0 aliphatic rings. The second-order valence-electron chi connectivity index (χ2n) is 3.98.